The molecule has 3 rings (SSSR count). The van der Waals surface area contributed by atoms with Crippen LogP contribution in [0.1, 0.15) is 30.9 Å². The lowest BCUT2D eigenvalue weighted by molar-refractivity contribution is 0.637. The Morgan fingerprint density at radius 2 is 2.31 bits per heavy atom. The minimum atomic E-state index is 0.716. The van der Waals surface area contributed by atoms with Crippen LogP contribution < -0.4 is 10.2 Å². The molecule has 1 aromatic rings. The first-order chi connectivity index (χ1) is 7.86. The molecule has 1 atom stereocenters. The van der Waals surface area contributed by atoms with Crippen LogP contribution in [0.4, 0.5) is 5.69 Å². The lowest BCUT2D eigenvalue weighted by atomic mass is 9.98. The van der Waals surface area contributed by atoms with E-state index in [1.54, 1.807) is 11.1 Å². The number of rotatable bonds is 1. The third-order valence-corrected chi connectivity index (χ3v) is 3.98. The Bertz CT molecular complexity index is 386. The molecular formula is C14H20N2. The first-order valence-electron chi connectivity index (χ1n) is 6.44. The minimum absolute atomic E-state index is 0.716. The van der Waals surface area contributed by atoms with Crippen molar-refractivity contribution in [2.24, 2.45) is 0 Å². The standard InChI is InChI=1S/C14H20N2/c1-11-4-3-9-16(11)14-6-2-5-12-7-8-15-10-13(12)14/h2,5-6,11,15H,3-4,7-10H2,1H3. The normalized spacial score (nSPS) is 24.6. The van der Waals surface area contributed by atoms with Crippen molar-refractivity contribution < 1.29 is 0 Å². The fourth-order valence-electron chi connectivity index (χ4n) is 3.06. The minimum Gasteiger partial charge on any atom is -0.369 e. The van der Waals surface area contributed by atoms with Crippen LogP contribution in [0.15, 0.2) is 18.2 Å². The van der Waals surface area contributed by atoms with E-state index < -0.39 is 0 Å². The van der Waals surface area contributed by atoms with E-state index in [0.717, 1.165) is 13.1 Å². The molecule has 0 radical (unpaired) electrons. The maximum atomic E-state index is 3.49. The van der Waals surface area contributed by atoms with Crippen molar-refractivity contribution in [1.82, 2.24) is 5.32 Å². The topological polar surface area (TPSA) is 15.3 Å². The number of nitrogens with one attached hydrogen (secondary N) is 1. The Kier molecular flexibility index (Phi) is 2.60. The summed E-state index contributed by atoms with van der Waals surface area (Å²) >= 11 is 0. The molecule has 0 aliphatic carbocycles. The number of nitrogens with zero attached hydrogens (tertiary/aromatic N) is 1. The number of anilines is 1. The predicted octanol–water partition coefficient (Wildman–Crippen LogP) is 2.32. The summed E-state index contributed by atoms with van der Waals surface area (Å²) in [6.07, 6.45) is 3.88. The first-order valence-corrected chi connectivity index (χ1v) is 6.44. The molecule has 16 heavy (non-hydrogen) atoms. The molecule has 2 nitrogen and oxygen atoms in total. The van der Waals surface area contributed by atoms with Gasteiger partial charge in [-0.1, -0.05) is 12.1 Å². The van der Waals surface area contributed by atoms with Crippen molar-refractivity contribution in [3.8, 4) is 0 Å². The molecule has 1 fully saturated rings. The average Bonchev–Trinajstić information content (AvgIpc) is 2.75. The van der Waals surface area contributed by atoms with Gasteiger partial charge < -0.3 is 10.2 Å². The lowest BCUT2D eigenvalue weighted by Gasteiger charge is -2.29. The molecular weight excluding hydrogens is 196 g/mol. The van der Waals surface area contributed by atoms with Crippen molar-refractivity contribution in [3.63, 3.8) is 0 Å². The largest absolute Gasteiger partial charge is 0.369 e. The number of benzene rings is 1. The summed E-state index contributed by atoms with van der Waals surface area (Å²) in [5, 5.41) is 3.49. The zero-order valence-corrected chi connectivity index (χ0v) is 10.00. The van der Waals surface area contributed by atoms with E-state index in [4.69, 9.17) is 0 Å². The summed E-state index contributed by atoms with van der Waals surface area (Å²) in [6.45, 7) is 5.76. The van der Waals surface area contributed by atoms with E-state index in [0.29, 0.717) is 6.04 Å². The van der Waals surface area contributed by atoms with Gasteiger partial charge >= 0.3 is 0 Å². The summed E-state index contributed by atoms with van der Waals surface area (Å²) in [4.78, 5) is 2.59. The highest BCUT2D eigenvalue weighted by molar-refractivity contribution is 5.58. The third kappa shape index (κ3) is 1.61. The second-order valence-corrected chi connectivity index (χ2v) is 5.03. The Hall–Kier alpha value is -1.02. The van der Waals surface area contributed by atoms with Gasteiger partial charge in [0.25, 0.3) is 0 Å². The molecule has 0 spiro atoms. The fraction of sp³-hybridized carbons (Fsp3) is 0.571. The Morgan fingerprint density at radius 1 is 1.38 bits per heavy atom. The van der Waals surface area contributed by atoms with Crippen molar-refractivity contribution in [1.29, 1.82) is 0 Å². The van der Waals surface area contributed by atoms with Crippen LogP contribution in [0.5, 0.6) is 0 Å². The van der Waals surface area contributed by atoms with Gasteiger partial charge in [-0.2, -0.15) is 0 Å². The second kappa shape index (κ2) is 4.10. The third-order valence-electron chi connectivity index (χ3n) is 3.98. The lowest BCUT2D eigenvalue weighted by Crippen LogP contribution is -2.31. The number of hydrogen-bond donors (Lipinski definition) is 1. The Morgan fingerprint density at radius 3 is 3.12 bits per heavy atom. The van der Waals surface area contributed by atoms with Gasteiger partial charge in [0, 0.05) is 24.8 Å². The van der Waals surface area contributed by atoms with Crippen LogP contribution in [0.3, 0.4) is 0 Å². The van der Waals surface area contributed by atoms with Gasteiger partial charge in [-0.15, -0.1) is 0 Å². The SMILES string of the molecule is CC1CCCN1c1cccc2c1CNCC2. The van der Waals surface area contributed by atoms with Crippen LogP contribution in [-0.2, 0) is 13.0 Å². The van der Waals surface area contributed by atoms with Crippen LogP contribution in [0.2, 0.25) is 0 Å². The molecule has 2 heteroatoms. The van der Waals surface area contributed by atoms with Crippen molar-refractivity contribution in [3.05, 3.63) is 29.3 Å². The Labute approximate surface area is 97.6 Å². The van der Waals surface area contributed by atoms with Crippen molar-refractivity contribution in [2.45, 2.75) is 38.8 Å². The van der Waals surface area contributed by atoms with E-state index in [9.17, 15) is 0 Å². The van der Waals surface area contributed by atoms with Gasteiger partial charge in [0.05, 0.1) is 0 Å². The molecule has 2 aliphatic heterocycles. The first kappa shape index (κ1) is 10.2. The van der Waals surface area contributed by atoms with Crippen LogP contribution in [-0.4, -0.2) is 19.1 Å². The molecule has 0 amide bonds. The van der Waals surface area contributed by atoms with E-state index in [1.165, 1.54) is 31.5 Å². The molecule has 1 aromatic carbocycles. The van der Waals surface area contributed by atoms with E-state index in [-0.39, 0.29) is 0 Å². The predicted molar refractivity (Wildman–Crippen MR) is 67.9 cm³/mol. The van der Waals surface area contributed by atoms with E-state index in [1.807, 2.05) is 0 Å². The van der Waals surface area contributed by atoms with Crippen molar-refractivity contribution >= 4 is 5.69 Å². The highest BCUT2D eigenvalue weighted by atomic mass is 15.2. The summed E-state index contributed by atoms with van der Waals surface area (Å²) < 4.78 is 0. The quantitative estimate of drug-likeness (QED) is 0.775. The molecule has 1 saturated heterocycles. The summed E-state index contributed by atoms with van der Waals surface area (Å²) in [5.41, 5.74) is 4.58. The Balaban J connectivity index is 2.00. The molecule has 2 heterocycles. The molecule has 1 N–H and O–H groups in total. The van der Waals surface area contributed by atoms with Gasteiger partial charge in [-0.05, 0) is 49.9 Å². The van der Waals surface area contributed by atoms with Crippen LogP contribution in [0, 0.1) is 0 Å². The summed E-state index contributed by atoms with van der Waals surface area (Å²) in [7, 11) is 0. The number of hydrogen-bond acceptors (Lipinski definition) is 2. The highest BCUT2D eigenvalue weighted by Crippen LogP contribution is 2.31. The van der Waals surface area contributed by atoms with Gasteiger partial charge in [-0.25, -0.2) is 0 Å². The summed E-state index contributed by atoms with van der Waals surface area (Å²) in [6, 6.07) is 7.53. The average molecular weight is 216 g/mol. The maximum Gasteiger partial charge on any atom is 0.0417 e. The molecule has 0 bridgehead atoms. The molecule has 86 valence electrons. The highest BCUT2D eigenvalue weighted by Gasteiger charge is 2.24. The molecule has 1 unspecified atom stereocenters. The zero-order valence-electron chi connectivity index (χ0n) is 10.00. The van der Waals surface area contributed by atoms with Crippen LogP contribution >= 0.6 is 0 Å². The monoisotopic (exact) mass is 216 g/mol. The van der Waals surface area contributed by atoms with E-state index in [2.05, 4.69) is 35.3 Å². The van der Waals surface area contributed by atoms with Gasteiger partial charge in [0.1, 0.15) is 0 Å². The van der Waals surface area contributed by atoms with E-state index >= 15 is 0 Å². The maximum absolute atomic E-state index is 3.49. The van der Waals surface area contributed by atoms with Gasteiger partial charge in [-0.3, -0.25) is 0 Å². The van der Waals surface area contributed by atoms with Gasteiger partial charge in [0.2, 0.25) is 0 Å². The molecule has 0 aromatic heterocycles. The zero-order chi connectivity index (χ0) is 11.0. The second-order valence-electron chi connectivity index (χ2n) is 5.03. The van der Waals surface area contributed by atoms with Crippen LogP contribution in [0.25, 0.3) is 0 Å². The smallest absolute Gasteiger partial charge is 0.0417 e. The van der Waals surface area contributed by atoms with Gasteiger partial charge in [0.15, 0.2) is 0 Å². The number of fused-ring (bicyclic) bond motifs is 1. The van der Waals surface area contributed by atoms with Crippen molar-refractivity contribution in [2.75, 3.05) is 18.0 Å². The summed E-state index contributed by atoms with van der Waals surface area (Å²) in [5.74, 6) is 0. The molecule has 0 saturated carbocycles. The molecule has 2 aliphatic rings. The fourth-order valence-corrected chi connectivity index (χ4v) is 3.06.